The molecule has 1 heterocycles. The number of guanidine groups is 1. The summed E-state index contributed by atoms with van der Waals surface area (Å²) in [7, 11) is 0. The minimum absolute atomic E-state index is 0.517. The van der Waals surface area contributed by atoms with Gasteiger partial charge < -0.3 is 10.6 Å². The van der Waals surface area contributed by atoms with Crippen molar-refractivity contribution in [3.63, 3.8) is 0 Å². The molecule has 1 fully saturated rings. The van der Waals surface area contributed by atoms with Gasteiger partial charge in [0.15, 0.2) is 5.96 Å². The zero-order chi connectivity index (χ0) is 16.7. The average molecular weight is 355 g/mol. The van der Waals surface area contributed by atoms with E-state index in [0.29, 0.717) is 12.0 Å². The number of hydrogen-bond acceptors (Lipinski definition) is 4. The lowest BCUT2D eigenvalue weighted by molar-refractivity contribution is 0.615. The molecule has 1 aliphatic carbocycles. The molecule has 0 spiro atoms. The minimum atomic E-state index is 0.517. The summed E-state index contributed by atoms with van der Waals surface area (Å²) < 4.78 is 0. The molecule has 0 bridgehead atoms. The maximum absolute atomic E-state index is 4.73. The van der Waals surface area contributed by atoms with Gasteiger partial charge in [0.25, 0.3) is 0 Å². The monoisotopic (exact) mass is 354 g/mol. The van der Waals surface area contributed by atoms with Gasteiger partial charge in [0.2, 0.25) is 0 Å². The molecule has 1 aliphatic rings. The Bertz CT molecular complexity index is 499. The summed E-state index contributed by atoms with van der Waals surface area (Å²) in [4.78, 5) is 9.41. The van der Waals surface area contributed by atoms with Crippen LogP contribution in [0.3, 0.4) is 0 Å². The fraction of sp³-hybridized carbons (Fsp3) is 0.765. The Morgan fingerprint density at radius 3 is 2.91 bits per heavy atom. The molecular weight excluding hydrogens is 324 g/mol. The van der Waals surface area contributed by atoms with Crippen molar-refractivity contribution in [1.29, 1.82) is 0 Å². The number of thiazole rings is 1. The predicted molar refractivity (Wildman–Crippen MR) is 104 cm³/mol. The molecule has 23 heavy (non-hydrogen) atoms. The summed E-state index contributed by atoms with van der Waals surface area (Å²) in [6.07, 6.45) is 6.94. The lowest BCUT2D eigenvalue weighted by atomic mass is 10.2. The number of aliphatic imine (C=N–C) groups is 1. The van der Waals surface area contributed by atoms with Crippen molar-refractivity contribution in [2.24, 2.45) is 4.99 Å². The summed E-state index contributed by atoms with van der Waals surface area (Å²) in [5.41, 5.74) is 1.17. The first-order valence-electron chi connectivity index (χ1n) is 8.64. The molecule has 130 valence electrons. The highest BCUT2D eigenvalue weighted by Crippen LogP contribution is 2.28. The maximum atomic E-state index is 4.73. The Labute approximate surface area is 149 Å². The van der Waals surface area contributed by atoms with Crippen LogP contribution in [0.15, 0.2) is 10.4 Å². The first kappa shape index (κ1) is 18.6. The van der Waals surface area contributed by atoms with Crippen LogP contribution in [0.2, 0.25) is 0 Å². The van der Waals surface area contributed by atoms with E-state index in [1.54, 1.807) is 11.3 Å². The predicted octanol–water partition coefficient (Wildman–Crippen LogP) is 3.65. The smallest absolute Gasteiger partial charge is 0.191 e. The Morgan fingerprint density at radius 1 is 1.48 bits per heavy atom. The largest absolute Gasteiger partial charge is 0.357 e. The molecule has 0 amide bonds. The molecule has 0 aliphatic heterocycles. The van der Waals surface area contributed by atoms with Crippen LogP contribution in [-0.4, -0.2) is 41.6 Å². The summed E-state index contributed by atoms with van der Waals surface area (Å²) in [5, 5.41) is 11.2. The Kier molecular flexibility index (Phi) is 7.70. The van der Waals surface area contributed by atoms with Crippen molar-refractivity contribution in [3.05, 3.63) is 16.1 Å². The van der Waals surface area contributed by atoms with Crippen LogP contribution in [0.4, 0.5) is 0 Å². The van der Waals surface area contributed by atoms with Gasteiger partial charge in [-0.15, -0.1) is 11.3 Å². The number of thioether (sulfide) groups is 1. The van der Waals surface area contributed by atoms with E-state index in [1.165, 1.54) is 30.0 Å². The van der Waals surface area contributed by atoms with Gasteiger partial charge in [-0.25, -0.2) is 4.98 Å². The molecule has 2 atom stereocenters. The Morgan fingerprint density at radius 2 is 2.30 bits per heavy atom. The third-order valence-corrected chi connectivity index (χ3v) is 6.39. The standard InChI is InChI=1S/C17H30N4S2/c1-5-18-17(21-13-6-7-15(10-13)22-4)19-9-8-14-11-23-16(20-14)12(2)3/h11-13,15H,5-10H2,1-4H3,(H2,18,19,21). The number of aromatic nitrogens is 1. The van der Waals surface area contributed by atoms with Crippen LogP contribution in [0, 0.1) is 0 Å². The summed E-state index contributed by atoms with van der Waals surface area (Å²) in [5.74, 6) is 1.47. The SMILES string of the molecule is CCNC(=NCCc1csc(C(C)C)n1)NC1CCC(SC)C1. The molecule has 2 unspecified atom stereocenters. The molecule has 1 aromatic heterocycles. The Balaban J connectivity index is 1.83. The molecule has 2 rings (SSSR count). The number of hydrogen-bond donors (Lipinski definition) is 2. The van der Waals surface area contributed by atoms with Gasteiger partial charge in [-0.3, -0.25) is 4.99 Å². The van der Waals surface area contributed by atoms with Gasteiger partial charge >= 0.3 is 0 Å². The van der Waals surface area contributed by atoms with E-state index in [1.807, 2.05) is 11.8 Å². The van der Waals surface area contributed by atoms with Crippen molar-refractivity contribution in [3.8, 4) is 0 Å². The van der Waals surface area contributed by atoms with Gasteiger partial charge in [0, 0.05) is 42.1 Å². The van der Waals surface area contributed by atoms with E-state index >= 15 is 0 Å². The van der Waals surface area contributed by atoms with Crippen LogP contribution in [-0.2, 0) is 6.42 Å². The topological polar surface area (TPSA) is 49.3 Å². The zero-order valence-corrected chi connectivity index (χ0v) is 16.4. The second-order valence-corrected chi connectivity index (χ2v) is 8.38. The fourth-order valence-corrected chi connectivity index (χ4v) is 4.45. The van der Waals surface area contributed by atoms with Crippen LogP contribution in [0.1, 0.15) is 56.7 Å². The average Bonchev–Trinajstić information content (AvgIpc) is 3.16. The van der Waals surface area contributed by atoms with Crippen molar-refractivity contribution < 1.29 is 0 Å². The van der Waals surface area contributed by atoms with E-state index < -0.39 is 0 Å². The second kappa shape index (κ2) is 9.52. The third-order valence-electron chi connectivity index (χ3n) is 4.10. The van der Waals surface area contributed by atoms with Crippen LogP contribution in [0.5, 0.6) is 0 Å². The van der Waals surface area contributed by atoms with Crippen molar-refractivity contribution in [2.75, 3.05) is 19.3 Å². The zero-order valence-electron chi connectivity index (χ0n) is 14.8. The fourth-order valence-electron chi connectivity index (χ4n) is 2.78. The molecule has 2 N–H and O–H groups in total. The van der Waals surface area contributed by atoms with E-state index in [9.17, 15) is 0 Å². The van der Waals surface area contributed by atoms with Gasteiger partial charge in [0.1, 0.15) is 0 Å². The first-order valence-corrected chi connectivity index (χ1v) is 10.8. The Hall–Kier alpha value is -0.750. The normalized spacial score (nSPS) is 21.9. The molecule has 0 saturated heterocycles. The quantitative estimate of drug-likeness (QED) is 0.580. The molecule has 1 saturated carbocycles. The lowest BCUT2D eigenvalue weighted by Gasteiger charge is -2.17. The van der Waals surface area contributed by atoms with E-state index in [-0.39, 0.29) is 0 Å². The highest BCUT2D eigenvalue weighted by Gasteiger charge is 2.24. The van der Waals surface area contributed by atoms with Gasteiger partial charge in [0.05, 0.1) is 10.7 Å². The molecule has 0 radical (unpaired) electrons. The highest BCUT2D eigenvalue weighted by atomic mass is 32.2. The summed E-state index contributed by atoms with van der Waals surface area (Å²) in [6.45, 7) is 8.19. The molecule has 0 aromatic carbocycles. The minimum Gasteiger partial charge on any atom is -0.357 e. The van der Waals surface area contributed by atoms with E-state index in [4.69, 9.17) is 4.99 Å². The third kappa shape index (κ3) is 5.99. The van der Waals surface area contributed by atoms with Crippen molar-refractivity contribution in [2.45, 2.75) is 63.7 Å². The van der Waals surface area contributed by atoms with Gasteiger partial charge in [-0.05, 0) is 32.4 Å². The summed E-state index contributed by atoms with van der Waals surface area (Å²) >= 11 is 3.75. The molecular formula is C17H30N4S2. The lowest BCUT2D eigenvalue weighted by Crippen LogP contribution is -2.42. The van der Waals surface area contributed by atoms with Crippen LogP contribution < -0.4 is 10.6 Å². The van der Waals surface area contributed by atoms with Gasteiger partial charge in [-0.1, -0.05) is 13.8 Å². The molecule has 6 heteroatoms. The van der Waals surface area contributed by atoms with Crippen molar-refractivity contribution in [1.82, 2.24) is 15.6 Å². The number of rotatable bonds is 7. The molecule has 4 nitrogen and oxygen atoms in total. The summed E-state index contributed by atoms with van der Waals surface area (Å²) in [6, 6.07) is 0.567. The van der Waals surface area contributed by atoms with Crippen LogP contribution in [0.25, 0.3) is 0 Å². The maximum Gasteiger partial charge on any atom is 0.191 e. The van der Waals surface area contributed by atoms with Crippen LogP contribution >= 0.6 is 23.1 Å². The number of nitrogens with one attached hydrogen (secondary N) is 2. The van der Waals surface area contributed by atoms with E-state index in [0.717, 1.165) is 30.7 Å². The van der Waals surface area contributed by atoms with E-state index in [2.05, 4.69) is 48.0 Å². The van der Waals surface area contributed by atoms with Gasteiger partial charge in [-0.2, -0.15) is 11.8 Å². The number of nitrogens with zero attached hydrogens (tertiary/aromatic N) is 2. The highest BCUT2D eigenvalue weighted by molar-refractivity contribution is 7.99. The molecule has 1 aromatic rings. The first-order chi connectivity index (χ1) is 11.1. The van der Waals surface area contributed by atoms with Crippen molar-refractivity contribution >= 4 is 29.1 Å². The second-order valence-electron chi connectivity index (χ2n) is 6.35.